The Morgan fingerprint density at radius 2 is 1.67 bits per heavy atom. The third-order valence-corrected chi connectivity index (χ3v) is 5.02. The summed E-state index contributed by atoms with van der Waals surface area (Å²) in [6, 6.07) is 24.6. The monoisotopic (exact) mass is 401 g/mol. The highest BCUT2D eigenvalue weighted by Gasteiger charge is 2.30. The number of rotatable bonds is 5. The summed E-state index contributed by atoms with van der Waals surface area (Å²) in [5, 5.41) is 5.54. The maximum absolute atomic E-state index is 12.4. The van der Waals surface area contributed by atoms with Crippen molar-refractivity contribution in [3.05, 3.63) is 90.0 Å². The van der Waals surface area contributed by atoms with Crippen molar-refractivity contribution in [1.29, 1.82) is 0 Å². The quantitative estimate of drug-likeness (QED) is 0.687. The predicted octanol–water partition coefficient (Wildman–Crippen LogP) is 3.45. The van der Waals surface area contributed by atoms with Gasteiger partial charge in [-0.05, 0) is 42.0 Å². The molecule has 3 aromatic carbocycles. The number of anilines is 2. The highest BCUT2D eigenvalue weighted by atomic mass is 16.5. The maximum Gasteiger partial charge on any atom is 0.262 e. The SMILES string of the molecule is CNC(=O)[C@@H]1CN(Cc2ccc(C(=O)Nc3ccccc3)cc2)c2ccccc2O1. The number of nitrogens with zero attached hydrogens (tertiary/aromatic N) is 1. The molecule has 1 aliphatic rings. The van der Waals surface area contributed by atoms with Gasteiger partial charge in [0.25, 0.3) is 11.8 Å². The van der Waals surface area contributed by atoms with Crippen molar-refractivity contribution in [3.8, 4) is 5.75 Å². The molecule has 152 valence electrons. The summed E-state index contributed by atoms with van der Waals surface area (Å²) in [5.74, 6) is 0.391. The van der Waals surface area contributed by atoms with E-state index in [2.05, 4.69) is 15.5 Å². The summed E-state index contributed by atoms with van der Waals surface area (Å²) in [5.41, 5.74) is 3.34. The largest absolute Gasteiger partial charge is 0.477 e. The van der Waals surface area contributed by atoms with E-state index >= 15 is 0 Å². The average molecular weight is 401 g/mol. The number of carbonyl (C=O) groups excluding carboxylic acids is 2. The minimum Gasteiger partial charge on any atom is -0.477 e. The first kappa shape index (κ1) is 19.5. The van der Waals surface area contributed by atoms with E-state index in [-0.39, 0.29) is 11.8 Å². The molecule has 4 rings (SSSR count). The van der Waals surface area contributed by atoms with Crippen molar-refractivity contribution in [2.45, 2.75) is 12.6 Å². The van der Waals surface area contributed by atoms with Crippen LogP contribution < -0.4 is 20.3 Å². The van der Waals surface area contributed by atoms with Crippen LogP contribution in [-0.2, 0) is 11.3 Å². The third kappa shape index (κ3) is 4.27. The minimum absolute atomic E-state index is 0.149. The number of benzene rings is 3. The molecular weight excluding hydrogens is 378 g/mol. The summed E-state index contributed by atoms with van der Waals surface area (Å²) in [6.45, 7) is 1.06. The number of carbonyl (C=O) groups is 2. The zero-order chi connectivity index (χ0) is 20.9. The molecule has 2 amide bonds. The van der Waals surface area contributed by atoms with Gasteiger partial charge in [0.2, 0.25) is 0 Å². The summed E-state index contributed by atoms with van der Waals surface area (Å²) < 4.78 is 5.85. The highest BCUT2D eigenvalue weighted by Crippen LogP contribution is 2.34. The average Bonchev–Trinajstić information content (AvgIpc) is 2.79. The summed E-state index contributed by atoms with van der Waals surface area (Å²) >= 11 is 0. The first-order valence-electron chi connectivity index (χ1n) is 9.81. The molecule has 1 heterocycles. The van der Waals surface area contributed by atoms with Gasteiger partial charge in [-0.2, -0.15) is 0 Å². The van der Waals surface area contributed by atoms with Crippen LogP contribution in [0.5, 0.6) is 5.75 Å². The highest BCUT2D eigenvalue weighted by molar-refractivity contribution is 6.04. The Bertz CT molecular complexity index is 1040. The van der Waals surface area contributed by atoms with E-state index in [9.17, 15) is 9.59 Å². The van der Waals surface area contributed by atoms with Crippen molar-refractivity contribution in [3.63, 3.8) is 0 Å². The van der Waals surface area contributed by atoms with Gasteiger partial charge >= 0.3 is 0 Å². The van der Waals surface area contributed by atoms with E-state index in [1.54, 1.807) is 7.05 Å². The van der Waals surface area contributed by atoms with Gasteiger partial charge in [0.1, 0.15) is 5.75 Å². The Kier molecular flexibility index (Phi) is 5.66. The molecule has 30 heavy (non-hydrogen) atoms. The Labute approximate surface area is 175 Å². The number of hydrogen-bond acceptors (Lipinski definition) is 4. The molecule has 0 bridgehead atoms. The number of fused-ring (bicyclic) bond motifs is 1. The van der Waals surface area contributed by atoms with Crippen LogP contribution in [-0.4, -0.2) is 31.5 Å². The fourth-order valence-corrected chi connectivity index (χ4v) is 3.46. The number of ether oxygens (including phenoxy) is 1. The van der Waals surface area contributed by atoms with Gasteiger partial charge in [0.15, 0.2) is 6.10 Å². The molecular formula is C24H23N3O3. The van der Waals surface area contributed by atoms with E-state index in [0.717, 1.165) is 16.9 Å². The molecule has 0 aromatic heterocycles. The molecule has 0 spiro atoms. The molecule has 6 nitrogen and oxygen atoms in total. The van der Waals surface area contributed by atoms with Crippen LogP contribution in [0.3, 0.4) is 0 Å². The Hall–Kier alpha value is -3.80. The van der Waals surface area contributed by atoms with Crippen molar-refractivity contribution < 1.29 is 14.3 Å². The fraction of sp³-hybridized carbons (Fsp3) is 0.167. The topological polar surface area (TPSA) is 70.7 Å². The Balaban J connectivity index is 1.48. The van der Waals surface area contributed by atoms with Gasteiger partial charge in [-0.1, -0.05) is 42.5 Å². The van der Waals surface area contributed by atoms with E-state index in [4.69, 9.17) is 4.74 Å². The lowest BCUT2D eigenvalue weighted by molar-refractivity contribution is -0.127. The summed E-state index contributed by atoms with van der Waals surface area (Å²) in [7, 11) is 1.61. The smallest absolute Gasteiger partial charge is 0.262 e. The molecule has 0 radical (unpaired) electrons. The zero-order valence-corrected chi connectivity index (χ0v) is 16.7. The standard InChI is InChI=1S/C24H23N3O3/c1-25-24(29)22-16-27(20-9-5-6-10-21(20)30-22)15-17-11-13-18(14-12-17)23(28)26-19-7-3-2-4-8-19/h2-14,22H,15-16H2,1H3,(H,25,29)(H,26,28)/t22-/m0/s1. The van der Waals surface area contributed by atoms with Gasteiger partial charge < -0.3 is 20.3 Å². The Morgan fingerprint density at radius 3 is 2.40 bits per heavy atom. The Morgan fingerprint density at radius 1 is 0.967 bits per heavy atom. The second kappa shape index (κ2) is 8.69. The second-order valence-electron chi connectivity index (χ2n) is 7.09. The molecule has 0 aliphatic carbocycles. The lowest BCUT2D eigenvalue weighted by Crippen LogP contribution is -2.47. The van der Waals surface area contributed by atoms with Gasteiger partial charge in [0.05, 0.1) is 12.2 Å². The molecule has 0 unspecified atom stereocenters. The number of nitrogens with one attached hydrogen (secondary N) is 2. The molecule has 6 heteroatoms. The van der Waals surface area contributed by atoms with Crippen LogP contribution in [0.15, 0.2) is 78.9 Å². The van der Waals surface area contributed by atoms with Crippen molar-refractivity contribution in [2.24, 2.45) is 0 Å². The molecule has 2 N–H and O–H groups in total. The van der Waals surface area contributed by atoms with Crippen molar-refractivity contribution >= 4 is 23.2 Å². The van der Waals surface area contributed by atoms with Crippen LogP contribution in [0.1, 0.15) is 15.9 Å². The third-order valence-electron chi connectivity index (χ3n) is 5.02. The summed E-state index contributed by atoms with van der Waals surface area (Å²) in [4.78, 5) is 26.7. The van der Waals surface area contributed by atoms with Crippen molar-refractivity contribution in [2.75, 3.05) is 23.8 Å². The van der Waals surface area contributed by atoms with Gasteiger partial charge in [-0.3, -0.25) is 9.59 Å². The van der Waals surface area contributed by atoms with E-state index < -0.39 is 6.10 Å². The lowest BCUT2D eigenvalue weighted by atomic mass is 10.1. The first-order valence-corrected chi connectivity index (χ1v) is 9.81. The van der Waals surface area contributed by atoms with Crippen LogP contribution in [0, 0.1) is 0 Å². The fourth-order valence-electron chi connectivity index (χ4n) is 3.46. The van der Waals surface area contributed by atoms with Crippen LogP contribution in [0.4, 0.5) is 11.4 Å². The maximum atomic E-state index is 12.4. The van der Waals surface area contributed by atoms with E-state index in [1.807, 2.05) is 78.9 Å². The minimum atomic E-state index is -0.569. The number of likely N-dealkylation sites (N-methyl/N-ethyl adjacent to an activating group) is 1. The van der Waals surface area contributed by atoms with Crippen LogP contribution >= 0.6 is 0 Å². The molecule has 1 atom stereocenters. The normalized spacial score (nSPS) is 15.0. The molecule has 3 aromatic rings. The molecule has 0 saturated carbocycles. The van der Waals surface area contributed by atoms with Crippen LogP contribution in [0.2, 0.25) is 0 Å². The molecule has 0 saturated heterocycles. The molecule has 1 aliphatic heterocycles. The summed E-state index contributed by atoms with van der Waals surface area (Å²) in [6.07, 6.45) is -0.569. The first-order chi connectivity index (χ1) is 14.6. The van der Waals surface area contributed by atoms with Crippen LogP contribution in [0.25, 0.3) is 0 Å². The van der Waals surface area contributed by atoms with Gasteiger partial charge in [-0.25, -0.2) is 0 Å². The number of hydrogen-bond donors (Lipinski definition) is 2. The lowest BCUT2D eigenvalue weighted by Gasteiger charge is -2.35. The molecule has 0 fully saturated rings. The van der Waals surface area contributed by atoms with Gasteiger partial charge in [0, 0.05) is 24.8 Å². The van der Waals surface area contributed by atoms with Crippen molar-refractivity contribution in [1.82, 2.24) is 5.32 Å². The second-order valence-corrected chi connectivity index (χ2v) is 7.09. The van der Waals surface area contributed by atoms with E-state index in [0.29, 0.717) is 24.4 Å². The predicted molar refractivity (Wildman–Crippen MR) is 117 cm³/mol. The van der Waals surface area contributed by atoms with Gasteiger partial charge in [-0.15, -0.1) is 0 Å². The number of amides is 2. The van der Waals surface area contributed by atoms with E-state index in [1.165, 1.54) is 0 Å². The zero-order valence-electron chi connectivity index (χ0n) is 16.7. The number of para-hydroxylation sites is 3.